The molecule has 0 amide bonds. The molecular weight excluding hydrogens is 310 g/mol. The molecule has 8 nitrogen and oxygen atoms in total. The highest BCUT2D eigenvalue weighted by Crippen LogP contribution is 2.22. The molecule has 0 saturated carbocycles. The highest BCUT2D eigenvalue weighted by Gasteiger charge is 2.11. The van der Waals surface area contributed by atoms with E-state index < -0.39 is 5.97 Å². The molecule has 3 N–H and O–H groups in total. The molecule has 0 aliphatic carbocycles. The molecule has 0 atom stereocenters. The van der Waals surface area contributed by atoms with E-state index >= 15 is 0 Å². The number of aryl methyl sites for hydroxylation is 2. The van der Waals surface area contributed by atoms with Crippen LogP contribution >= 0.6 is 0 Å². The molecule has 2 heterocycles. The Balaban J connectivity index is 1.88. The first-order valence-electron chi connectivity index (χ1n) is 7.16. The zero-order valence-electron chi connectivity index (χ0n) is 13.1. The summed E-state index contributed by atoms with van der Waals surface area (Å²) in [6.45, 7) is 3.60. The minimum absolute atomic E-state index is 0.162. The Labute approximate surface area is 137 Å². The summed E-state index contributed by atoms with van der Waals surface area (Å²) in [5.41, 5.74) is 1.32. The fourth-order valence-electron chi connectivity index (χ4n) is 2.14. The lowest BCUT2D eigenvalue weighted by molar-refractivity contribution is 0.0698. The van der Waals surface area contributed by atoms with Crippen molar-refractivity contribution in [3.8, 4) is 0 Å². The predicted octanol–water partition coefficient (Wildman–Crippen LogP) is 3.27. The first kappa shape index (κ1) is 15.5. The van der Waals surface area contributed by atoms with Gasteiger partial charge in [-0.3, -0.25) is 0 Å². The summed E-state index contributed by atoms with van der Waals surface area (Å²) in [7, 11) is 0. The van der Waals surface area contributed by atoms with Crippen LogP contribution in [0.4, 0.5) is 23.3 Å². The van der Waals surface area contributed by atoms with Crippen LogP contribution in [0.3, 0.4) is 0 Å². The third-order valence-electron chi connectivity index (χ3n) is 3.14. The molecule has 0 fully saturated rings. The van der Waals surface area contributed by atoms with Crippen molar-refractivity contribution in [2.24, 2.45) is 0 Å². The molecule has 0 saturated heterocycles. The van der Waals surface area contributed by atoms with Gasteiger partial charge < -0.3 is 20.3 Å². The van der Waals surface area contributed by atoms with Gasteiger partial charge in [0, 0.05) is 17.8 Å². The van der Waals surface area contributed by atoms with Crippen molar-refractivity contribution >= 4 is 29.2 Å². The second kappa shape index (κ2) is 6.37. The van der Waals surface area contributed by atoms with Gasteiger partial charge in [-0.1, -0.05) is 17.3 Å². The molecule has 0 spiro atoms. The van der Waals surface area contributed by atoms with E-state index in [-0.39, 0.29) is 5.56 Å². The van der Waals surface area contributed by atoms with Gasteiger partial charge in [0.05, 0.1) is 11.3 Å². The Morgan fingerprint density at radius 3 is 2.58 bits per heavy atom. The quantitative estimate of drug-likeness (QED) is 0.655. The summed E-state index contributed by atoms with van der Waals surface area (Å²) in [5.74, 6) is 0.951. The number of benzene rings is 1. The van der Waals surface area contributed by atoms with E-state index in [0.717, 1.165) is 0 Å². The highest BCUT2D eigenvalue weighted by molar-refractivity contribution is 5.95. The number of nitrogens with one attached hydrogen (secondary N) is 2. The van der Waals surface area contributed by atoms with E-state index in [9.17, 15) is 9.90 Å². The minimum atomic E-state index is -1.01. The van der Waals surface area contributed by atoms with Crippen LogP contribution in [0.25, 0.3) is 0 Å². The maximum absolute atomic E-state index is 11.3. The van der Waals surface area contributed by atoms with Gasteiger partial charge in [-0.2, -0.15) is 4.98 Å². The zero-order chi connectivity index (χ0) is 17.1. The zero-order valence-corrected chi connectivity index (χ0v) is 13.1. The molecule has 0 aliphatic heterocycles. The molecule has 1 aromatic carbocycles. The number of carboxylic acids is 1. The van der Waals surface area contributed by atoms with E-state index in [1.165, 1.54) is 6.07 Å². The molecule has 24 heavy (non-hydrogen) atoms. The summed E-state index contributed by atoms with van der Waals surface area (Å²) in [4.78, 5) is 19.9. The summed E-state index contributed by atoms with van der Waals surface area (Å²) in [6.07, 6.45) is 0. The van der Waals surface area contributed by atoms with Crippen LogP contribution in [0.15, 0.2) is 40.9 Å². The number of aromatic nitrogens is 3. The second-order valence-corrected chi connectivity index (χ2v) is 5.14. The Hall–Kier alpha value is -3.42. The molecule has 0 unspecified atom stereocenters. The number of para-hydroxylation sites is 1. The maximum Gasteiger partial charge on any atom is 0.337 e. The third-order valence-corrected chi connectivity index (χ3v) is 3.14. The molecule has 0 bridgehead atoms. The van der Waals surface area contributed by atoms with Gasteiger partial charge in [0.25, 0.3) is 0 Å². The van der Waals surface area contributed by atoms with Crippen LogP contribution in [-0.2, 0) is 0 Å². The number of nitrogens with zero attached hydrogens (tertiary/aromatic N) is 3. The maximum atomic E-state index is 11.3. The fourth-order valence-corrected chi connectivity index (χ4v) is 2.14. The highest BCUT2D eigenvalue weighted by atomic mass is 16.5. The number of carbonyl (C=O) groups is 1. The summed E-state index contributed by atoms with van der Waals surface area (Å²) in [5, 5.41) is 19.0. The smallest absolute Gasteiger partial charge is 0.337 e. The van der Waals surface area contributed by atoms with Crippen molar-refractivity contribution in [2.75, 3.05) is 10.6 Å². The van der Waals surface area contributed by atoms with Gasteiger partial charge in [0.15, 0.2) is 5.82 Å². The lowest BCUT2D eigenvalue weighted by Crippen LogP contribution is -2.05. The average molecular weight is 325 g/mol. The van der Waals surface area contributed by atoms with Crippen molar-refractivity contribution in [2.45, 2.75) is 13.8 Å². The van der Waals surface area contributed by atoms with Crippen molar-refractivity contribution in [3.05, 3.63) is 53.4 Å². The first-order valence-corrected chi connectivity index (χ1v) is 7.16. The lowest BCUT2D eigenvalue weighted by Gasteiger charge is -2.10. The summed E-state index contributed by atoms with van der Waals surface area (Å²) >= 11 is 0. The number of carboxylic acid groups (broad SMARTS) is 1. The van der Waals surface area contributed by atoms with Gasteiger partial charge in [-0.05, 0) is 26.0 Å². The van der Waals surface area contributed by atoms with E-state index in [1.807, 2.05) is 6.92 Å². The standard InChI is InChI=1S/C16H15N5O3/c1-9-7-13(18-12-6-4-3-5-11(12)15(22)23)19-16(17-9)20-14-8-10(2)24-21-14/h3-8H,1-2H3,(H,22,23)(H2,17,18,19,20,21). The topological polar surface area (TPSA) is 113 Å². The van der Waals surface area contributed by atoms with Gasteiger partial charge in [-0.25, -0.2) is 9.78 Å². The van der Waals surface area contributed by atoms with E-state index in [1.54, 1.807) is 37.3 Å². The predicted molar refractivity (Wildman–Crippen MR) is 88.0 cm³/mol. The van der Waals surface area contributed by atoms with Crippen molar-refractivity contribution < 1.29 is 14.4 Å². The van der Waals surface area contributed by atoms with Gasteiger partial charge in [-0.15, -0.1) is 0 Å². The summed E-state index contributed by atoms with van der Waals surface area (Å²) < 4.78 is 4.99. The van der Waals surface area contributed by atoms with E-state index in [2.05, 4.69) is 25.8 Å². The van der Waals surface area contributed by atoms with E-state index in [4.69, 9.17) is 4.52 Å². The van der Waals surface area contributed by atoms with Crippen LogP contribution in [-0.4, -0.2) is 26.2 Å². The van der Waals surface area contributed by atoms with Crippen LogP contribution < -0.4 is 10.6 Å². The monoisotopic (exact) mass is 325 g/mol. The second-order valence-electron chi connectivity index (χ2n) is 5.14. The Morgan fingerprint density at radius 2 is 1.88 bits per heavy atom. The van der Waals surface area contributed by atoms with Gasteiger partial charge in [0.2, 0.25) is 5.95 Å². The Morgan fingerprint density at radius 1 is 1.08 bits per heavy atom. The lowest BCUT2D eigenvalue weighted by atomic mass is 10.2. The van der Waals surface area contributed by atoms with Crippen LogP contribution in [0, 0.1) is 13.8 Å². The van der Waals surface area contributed by atoms with Crippen LogP contribution in [0.2, 0.25) is 0 Å². The number of anilines is 4. The third kappa shape index (κ3) is 3.49. The fraction of sp³-hybridized carbons (Fsp3) is 0.125. The molecule has 3 rings (SSSR count). The largest absolute Gasteiger partial charge is 0.478 e. The summed E-state index contributed by atoms with van der Waals surface area (Å²) in [6, 6.07) is 10.1. The molecule has 8 heteroatoms. The SMILES string of the molecule is Cc1cc(Nc2ccccc2C(=O)O)nc(Nc2cc(C)on2)n1. The average Bonchev–Trinajstić information content (AvgIpc) is 2.92. The molecular formula is C16H15N5O3. The molecule has 0 aliphatic rings. The van der Waals surface area contributed by atoms with Crippen LogP contribution in [0.5, 0.6) is 0 Å². The molecule has 3 aromatic rings. The number of hydrogen-bond acceptors (Lipinski definition) is 7. The number of aromatic carboxylic acids is 1. The number of rotatable bonds is 5. The minimum Gasteiger partial charge on any atom is -0.478 e. The number of hydrogen-bond donors (Lipinski definition) is 3. The van der Waals surface area contributed by atoms with Crippen molar-refractivity contribution in [3.63, 3.8) is 0 Å². The van der Waals surface area contributed by atoms with Gasteiger partial charge in [0.1, 0.15) is 11.6 Å². The van der Waals surface area contributed by atoms with Gasteiger partial charge >= 0.3 is 5.97 Å². The first-order chi connectivity index (χ1) is 11.5. The Kier molecular flexibility index (Phi) is 4.11. The molecule has 0 radical (unpaired) electrons. The molecule has 122 valence electrons. The van der Waals surface area contributed by atoms with Crippen molar-refractivity contribution in [1.29, 1.82) is 0 Å². The van der Waals surface area contributed by atoms with E-state index in [0.29, 0.717) is 34.7 Å². The van der Waals surface area contributed by atoms with Crippen LogP contribution in [0.1, 0.15) is 21.8 Å². The normalized spacial score (nSPS) is 10.4. The van der Waals surface area contributed by atoms with Crippen molar-refractivity contribution in [1.82, 2.24) is 15.1 Å². The molecule has 2 aromatic heterocycles. The Bertz CT molecular complexity index is 891.